The quantitative estimate of drug-likeness (QED) is 0.124. The van der Waals surface area contributed by atoms with Crippen LogP contribution < -0.4 is 0 Å². The Balaban J connectivity index is 1.08. The van der Waals surface area contributed by atoms with Crippen LogP contribution in [0.2, 0.25) is 0 Å². The second-order valence-electron chi connectivity index (χ2n) is 18.4. The van der Waals surface area contributed by atoms with Crippen LogP contribution in [0.5, 0.6) is 0 Å². The highest BCUT2D eigenvalue weighted by Gasteiger charge is 2.22. The Hall–Kier alpha value is -7.34. The van der Waals surface area contributed by atoms with Gasteiger partial charge in [0.1, 0.15) is 6.07 Å². The number of hydrogen-bond acceptors (Lipinski definition) is 2. The predicted molar refractivity (Wildman–Crippen MR) is 256 cm³/mol. The van der Waals surface area contributed by atoms with Crippen LogP contribution in [0.4, 0.5) is 0 Å². The number of allylic oxidation sites excluding steroid dienone is 4. The van der Waals surface area contributed by atoms with Gasteiger partial charge in [0, 0.05) is 61.1 Å². The first kappa shape index (κ1) is 37.9. The molecule has 0 bridgehead atoms. The molecule has 0 amide bonds. The molecular formula is C56H47N5. The molecule has 7 aromatic carbocycles. The first-order chi connectivity index (χ1) is 29.4. The molecule has 3 heterocycles. The summed E-state index contributed by atoms with van der Waals surface area (Å²) in [4.78, 5) is 0. The molecule has 0 spiro atoms. The Labute approximate surface area is 356 Å². The van der Waals surface area contributed by atoms with Crippen molar-refractivity contribution in [3.8, 4) is 17.8 Å². The molecule has 0 N–H and O–H groups in total. The van der Waals surface area contributed by atoms with Gasteiger partial charge in [-0.05, 0) is 99.5 Å². The molecule has 0 saturated carbocycles. The standard InChI is InChI=1S/C56H47N5/c1-55(2,3)39-22-26-48-45(30-39)46-31-40(56(4,5)6)23-27-49(46)60(48)35-38(34-58)37(33-57)15-13-29-59-50-28-24-41(32-47(50)54-42-16-8-7-14-36(42)21-25-53(54)59)61-51-19-11-9-17-43(51)44-18-10-12-20-52(44)61/h7-28,30-32H,29,35H2,1-6H3/b15-13-,38-37+. The first-order valence-electron chi connectivity index (χ1n) is 21.1. The van der Waals surface area contributed by atoms with E-state index in [9.17, 15) is 10.5 Å². The van der Waals surface area contributed by atoms with E-state index < -0.39 is 0 Å². The zero-order valence-corrected chi connectivity index (χ0v) is 35.6. The second kappa shape index (κ2) is 14.1. The normalized spacial score (nSPS) is 13.0. The molecule has 0 saturated heterocycles. The SMILES string of the molecule is CC(C)(C)c1ccc2c(c1)c1cc(C(C)(C)C)ccc1n2C/C(C#N)=C(C#N)\C=C/Cn1c2ccc(-n3c4ccccc4c4ccccc43)cc2c2c3ccccc3ccc21. The van der Waals surface area contributed by atoms with Crippen LogP contribution in [0.3, 0.4) is 0 Å². The summed E-state index contributed by atoms with van der Waals surface area (Å²) in [5.74, 6) is 0. The Bertz CT molecular complexity index is 3450. The molecule has 3 aromatic heterocycles. The number of fused-ring (bicyclic) bond motifs is 11. The van der Waals surface area contributed by atoms with Gasteiger partial charge in [-0.25, -0.2) is 0 Å². The Kier molecular flexibility index (Phi) is 8.79. The lowest BCUT2D eigenvalue weighted by atomic mass is 9.85. The Morgan fingerprint density at radius 2 is 1.05 bits per heavy atom. The van der Waals surface area contributed by atoms with E-state index in [2.05, 4.69) is 207 Å². The third-order valence-electron chi connectivity index (χ3n) is 12.6. The van der Waals surface area contributed by atoms with E-state index in [0.717, 1.165) is 27.8 Å². The summed E-state index contributed by atoms with van der Waals surface area (Å²) in [6.07, 6.45) is 3.87. The minimum Gasteiger partial charge on any atom is -0.337 e. The third kappa shape index (κ3) is 6.20. The maximum atomic E-state index is 10.7. The van der Waals surface area contributed by atoms with Gasteiger partial charge in [-0.1, -0.05) is 126 Å². The van der Waals surface area contributed by atoms with Crippen molar-refractivity contribution in [2.45, 2.75) is 65.5 Å². The molecule has 61 heavy (non-hydrogen) atoms. The zero-order chi connectivity index (χ0) is 42.2. The number of nitriles is 2. The smallest absolute Gasteiger partial charge is 0.100 e. The fourth-order valence-electron chi connectivity index (χ4n) is 9.42. The predicted octanol–water partition coefficient (Wildman–Crippen LogP) is 14.3. The van der Waals surface area contributed by atoms with Gasteiger partial charge in [-0.2, -0.15) is 10.5 Å². The van der Waals surface area contributed by atoms with Gasteiger partial charge in [0.15, 0.2) is 0 Å². The number of hydrogen-bond donors (Lipinski definition) is 0. The van der Waals surface area contributed by atoms with Gasteiger partial charge in [0.25, 0.3) is 0 Å². The summed E-state index contributed by atoms with van der Waals surface area (Å²) in [7, 11) is 0. The zero-order valence-electron chi connectivity index (χ0n) is 35.6. The van der Waals surface area contributed by atoms with Crippen LogP contribution in [0.15, 0.2) is 163 Å². The van der Waals surface area contributed by atoms with E-state index in [1.807, 2.05) is 12.2 Å². The molecule has 0 aliphatic heterocycles. The molecule has 296 valence electrons. The topological polar surface area (TPSA) is 62.4 Å². The van der Waals surface area contributed by atoms with E-state index in [4.69, 9.17) is 0 Å². The fraction of sp³-hybridized carbons (Fsp3) is 0.179. The summed E-state index contributed by atoms with van der Waals surface area (Å²) < 4.78 is 6.91. The first-order valence-corrected chi connectivity index (χ1v) is 21.1. The maximum absolute atomic E-state index is 10.7. The van der Waals surface area contributed by atoms with E-state index in [1.165, 1.54) is 65.3 Å². The fourth-order valence-corrected chi connectivity index (χ4v) is 9.42. The van der Waals surface area contributed by atoms with Crippen LogP contribution in [0.1, 0.15) is 52.7 Å². The lowest BCUT2D eigenvalue weighted by molar-refractivity contribution is 0.590. The summed E-state index contributed by atoms with van der Waals surface area (Å²) in [5, 5.41) is 30.8. The van der Waals surface area contributed by atoms with Gasteiger partial charge in [0.2, 0.25) is 0 Å². The summed E-state index contributed by atoms with van der Waals surface area (Å²) in [6.45, 7) is 14.2. The average Bonchev–Trinajstić information content (AvgIpc) is 3.88. The van der Waals surface area contributed by atoms with Crippen molar-refractivity contribution >= 4 is 76.2 Å². The van der Waals surface area contributed by atoms with Crippen LogP contribution >= 0.6 is 0 Å². The minimum atomic E-state index is -0.0150. The van der Waals surface area contributed by atoms with E-state index in [1.54, 1.807) is 0 Å². The van der Waals surface area contributed by atoms with Gasteiger partial charge in [0.05, 0.1) is 40.3 Å². The second-order valence-corrected chi connectivity index (χ2v) is 18.4. The Morgan fingerprint density at radius 3 is 1.64 bits per heavy atom. The summed E-state index contributed by atoms with van der Waals surface area (Å²) in [5.41, 5.74) is 11.1. The molecule has 10 aromatic rings. The molecule has 0 aliphatic rings. The van der Waals surface area contributed by atoms with Gasteiger partial charge in [-0.3, -0.25) is 0 Å². The molecule has 0 fully saturated rings. The van der Waals surface area contributed by atoms with E-state index in [0.29, 0.717) is 24.2 Å². The average molecular weight is 790 g/mol. The van der Waals surface area contributed by atoms with Crippen LogP contribution in [-0.4, -0.2) is 13.7 Å². The molecule has 5 heteroatoms. The molecule has 0 unspecified atom stereocenters. The van der Waals surface area contributed by atoms with Crippen molar-refractivity contribution in [1.82, 2.24) is 13.7 Å². The molecule has 0 radical (unpaired) electrons. The number of benzene rings is 7. The number of nitrogens with zero attached hydrogens (tertiary/aromatic N) is 5. The molecule has 10 rings (SSSR count). The van der Waals surface area contributed by atoms with Gasteiger partial charge in [-0.15, -0.1) is 0 Å². The van der Waals surface area contributed by atoms with Crippen molar-refractivity contribution in [3.63, 3.8) is 0 Å². The minimum absolute atomic E-state index is 0.0150. The number of aromatic nitrogens is 3. The maximum Gasteiger partial charge on any atom is 0.100 e. The van der Waals surface area contributed by atoms with E-state index >= 15 is 0 Å². The lowest BCUT2D eigenvalue weighted by Crippen LogP contribution is -2.10. The Morgan fingerprint density at radius 1 is 0.508 bits per heavy atom. The highest BCUT2D eigenvalue weighted by molar-refractivity contribution is 6.21. The lowest BCUT2D eigenvalue weighted by Gasteiger charge is -2.19. The van der Waals surface area contributed by atoms with Gasteiger partial charge >= 0.3 is 0 Å². The van der Waals surface area contributed by atoms with Crippen molar-refractivity contribution in [2.24, 2.45) is 0 Å². The van der Waals surface area contributed by atoms with Crippen LogP contribution in [0.25, 0.3) is 81.9 Å². The number of rotatable bonds is 6. The van der Waals surface area contributed by atoms with Crippen molar-refractivity contribution < 1.29 is 0 Å². The van der Waals surface area contributed by atoms with Crippen molar-refractivity contribution in [2.75, 3.05) is 0 Å². The highest BCUT2D eigenvalue weighted by Crippen LogP contribution is 2.40. The third-order valence-corrected chi connectivity index (χ3v) is 12.6. The summed E-state index contributed by atoms with van der Waals surface area (Å²) in [6, 6.07) is 55.2. The molecule has 5 nitrogen and oxygen atoms in total. The summed E-state index contributed by atoms with van der Waals surface area (Å²) >= 11 is 0. The van der Waals surface area contributed by atoms with Crippen molar-refractivity contribution in [3.05, 3.63) is 174 Å². The largest absolute Gasteiger partial charge is 0.337 e. The molecule has 0 aliphatic carbocycles. The molecule has 0 atom stereocenters. The monoisotopic (exact) mass is 789 g/mol. The highest BCUT2D eigenvalue weighted by atomic mass is 15.0. The molecular weight excluding hydrogens is 743 g/mol. The van der Waals surface area contributed by atoms with Crippen molar-refractivity contribution in [1.29, 1.82) is 10.5 Å². The van der Waals surface area contributed by atoms with Gasteiger partial charge < -0.3 is 13.7 Å². The van der Waals surface area contributed by atoms with E-state index in [-0.39, 0.29) is 10.8 Å². The number of para-hydroxylation sites is 2. The van der Waals surface area contributed by atoms with Crippen LogP contribution in [0, 0.1) is 22.7 Å². The van der Waals surface area contributed by atoms with Crippen LogP contribution in [-0.2, 0) is 23.9 Å².